The minimum atomic E-state index is 0. The van der Waals surface area contributed by atoms with Gasteiger partial charge >= 0.3 is 0 Å². The van der Waals surface area contributed by atoms with E-state index in [0.29, 0.717) is 0 Å². The van der Waals surface area contributed by atoms with Crippen molar-refractivity contribution in [2.75, 3.05) is 0 Å². The molecule has 0 saturated carbocycles. The van der Waals surface area contributed by atoms with E-state index in [2.05, 4.69) is 0 Å². The molecule has 0 amide bonds. The fraction of sp³-hybridized carbons (Fsp3) is 1.00. The van der Waals surface area contributed by atoms with Crippen molar-refractivity contribution in [3.05, 3.63) is 0 Å². The standard InChI is InChI=1S/5CH4.7Na.61H2O.2H3P.Ti.17W/h5*1H4;;;;;;;;61*1H2;2*1H3;;;;;;;;;;;;;;;;;;. The summed E-state index contributed by atoms with van der Waals surface area (Å²) in [6.45, 7) is 0. The number of hydrogen-bond donors (Lipinski definition) is 0. The summed E-state index contributed by atoms with van der Waals surface area (Å²) in [5.41, 5.74) is 0. The molecule has 0 rings (SSSR count). The molecule has 0 aliphatic carbocycles. The predicted octanol–water partition coefficient (Wildman–Crippen LogP) is -49.7. The molecule has 61 nitrogen and oxygen atoms in total. The van der Waals surface area contributed by atoms with Gasteiger partial charge in [0.25, 0.3) is 0 Å². The molecule has 657 valence electrons. The monoisotopic (exact) mass is 4580 g/mol. The van der Waals surface area contributed by atoms with E-state index in [9.17, 15) is 0 Å². The molecule has 0 aliphatic heterocycles. The maximum absolute atomic E-state index is 0. The van der Waals surface area contributed by atoms with Crippen LogP contribution in [0.2, 0.25) is 0 Å². The van der Waals surface area contributed by atoms with E-state index in [1.165, 1.54) is 0 Å². The molecule has 2 atom stereocenters. The Bertz CT molecular complexity index is 144. The largest absolute Gasteiger partial charge is 0.412 e. The minimum Gasteiger partial charge on any atom is -0.412 e. The first-order valence-corrected chi connectivity index (χ1v) is 0. The molecular weight excluding hydrogens is 4430 g/mol. The smallest absolute Gasteiger partial charge is 0 e. The summed E-state index contributed by atoms with van der Waals surface area (Å²) in [6, 6.07) is 0. The summed E-state index contributed by atoms with van der Waals surface area (Å²) in [6.07, 6.45) is 0. The fourth-order valence-corrected chi connectivity index (χ4v) is 0. The maximum Gasteiger partial charge on any atom is 0 e. The van der Waals surface area contributed by atoms with E-state index >= 15 is 0 Å². The second-order valence-corrected chi connectivity index (χ2v) is 0. The Hall–Kier alpha value is 17.8. The van der Waals surface area contributed by atoms with Crippen LogP contribution in [0.4, 0.5) is 0 Å². The summed E-state index contributed by atoms with van der Waals surface area (Å²) in [5, 5.41) is 0. The summed E-state index contributed by atoms with van der Waals surface area (Å²) < 4.78 is 0. The average Bonchev–Trinajstić information content (AvgIpc) is 0. The van der Waals surface area contributed by atoms with Gasteiger partial charge in [0.2, 0.25) is 0 Å². The molecule has 0 bridgehead atoms. The second-order valence-electron chi connectivity index (χ2n) is 0. The van der Waals surface area contributed by atoms with Crippen LogP contribution in [0.15, 0.2) is 0 Å². The third-order valence-electron chi connectivity index (χ3n) is 0. The third kappa shape index (κ3) is 4020. The molecule has 0 aromatic rings. The molecule has 2 unspecified atom stereocenters. The van der Waals surface area contributed by atoms with E-state index in [1.807, 2.05) is 0 Å². The first kappa shape index (κ1) is 4200. The number of hydrogen-bond acceptors (Lipinski definition) is 0. The third-order valence-corrected chi connectivity index (χ3v) is 0. The van der Waals surface area contributed by atoms with Crippen LogP contribution in [0.5, 0.6) is 0 Å². The second kappa shape index (κ2) is 4090. The van der Waals surface area contributed by atoms with Crippen molar-refractivity contribution < 1.29 is 714 Å². The fourth-order valence-electron chi connectivity index (χ4n) is 0. The topological polar surface area (TPSA) is 1920 Å². The molecule has 0 aromatic carbocycles. The van der Waals surface area contributed by atoms with E-state index in [-0.39, 0.29) is 978 Å². The van der Waals surface area contributed by atoms with E-state index in [1.54, 1.807) is 0 Å². The summed E-state index contributed by atoms with van der Waals surface area (Å²) in [4.78, 5) is 0. The zero-order valence-corrected chi connectivity index (χ0v) is 115. The van der Waals surface area contributed by atoms with Gasteiger partial charge in [0.1, 0.15) is 0 Å². The van der Waals surface area contributed by atoms with Gasteiger partial charge in [-0.1, -0.05) is 37.1 Å². The van der Waals surface area contributed by atoms with Gasteiger partial charge in [0.05, 0.1) is 0 Å². The van der Waals surface area contributed by atoms with Gasteiger partial charge in [-0.25, -0.2) is 0 Å². The molecule has 0 fully saturated rings. The Labute approximate surface area is 959 Å². The molecule has 7 radical (unpaired) electrons. The normalized spacial score (nSPS) is 0. The van der Waals surface area contributed by atoms with Gasteiger partial charge in [-0.3, -0.25) is 0 Å². The van der Waals surface area contributed by atoms with Crippen LogP contribution in [0, 0.1) is 0 Å². The predicted molar refractivity (Wildman–Crippen MR) is 317 cm³/mol. The van der Waals surface area contributed by atoms with Crippen LogP contribution >= 0.6 is 19.8 Å². The Balaban J connectivity index is 0. The minimum absolute atomic E-state index is 0. The number of rotatable bonds is 0. The average molecular weight is 4580 g/mol. The van der Waals surface area contributed by atoms with Crippen molar-refractivity contribution in [3.63, 3.8) is 0 Å². The quantitative estimate of drug-likeness (QED) is 0.161. The Morgan fingerprint density at radius 3 is 0.0645 bits per heavy atom. The van der Waals surface area contributed by atoms with Crippen LogP contribution in [0.1, 0.15) is 37.1 Å². The van der Waals surface area contributed by atoms with E-state index < -0.39 is 0 Å². The van der Waals surface area contributed by atoms with Gasteiger partial charge in [-0.2, -0.15) is 19.8 Å². The summed E-state index contributed by atoms with van der Waals surface area (Å²) in [7, 11) is 0. The van der Waals surface area contributed by atoms with Crippen LogP contribution < -0.4 is 0 Å². The van der Waals surface area contributed by atoms with Crippen LogP contribution in [0.3, 0.4) is 0 Å². The molecule has 88 heteroatoms. The molecule has 0 spiro atoms. The van der Waals surface area contributed by atoms with Gasteiger partial charge in [-0.05, 0) is 0 Å². The molecule has 0 aromatic heterocycles. The van der Waals surface area contributed by atoms with Gasteiger partial charge in [-0.15, -0.1) is 0 Å². The van der Waals surface area contributed by atoms with Gasteiger partial charge < -0.3 is 334 Å². The van der Waals surface area contributed by atoms with Crippen LogP contribution in [-0.4, -0.2) is 541 Å². The maximum atomic E-state index is 0. The molecule has 122 N–H and O–H groups in total. The Morgan fingerprint density at radius 1 is 0.0645 bits per heavy atom. The molecule has 93 heavy (non-hydrogen) atoms. The van der Waals surface area contributed by atoms with Crippen molar-refractivity contribution in [2.24, 2.45) is 0 Å². The molecular formula is C5H148Na7O61P2TiW17. The first-order chi connectivity index (χ1) is 0. The van der Waals surface area contributed by atoms with Crippen molar-refractivity contribution >= 4 is 227 Å². The zero-order valence-electron chi connectivity index (χ0n) is 46.4. The summed E-state index contributed by atoms with van der Waals surface area (Å²) >= 11 is 0. The van der Waals surface area contributed by atoms with Crippen molar-refractivity contribution in [2.45, 2.75) is 37.1 Å². The van der Waals surface area contributed by atoms with Gasteiger partial charge in [0, 0.05) is 587 Å². The molecule has 0 saturated heterocycles. The van der Waals surface area contributed by atoms with Crippen LogP contribution in [0.25, 0.3) is 0 Å². The SMILES string of the molecule is C.C.C.C.C.O.O.O.O.O.O.O.O.O.O.O.O.O.O.O.O.O.O.O.O.O.O.O.O.O.O.O.O.O.O.O.O.O.O.O.O.O.O.O.O.O.O.O.O.O.O.O.O.O.O.O.O.O.O.O.O.O.O.O.O.O.P.P.[Na].[Na].[Na].[Na].[Na].[Na].[Na].[Ti].[W].[W].[W].[W].[W].[W].[W].[W].[W].[W].[W].[W].[W].[W].[W].[W].[W]. The Morgan fingerprint density at radius 2 is 0.0645 bits per heavy atom. The Kier molecular flexibility index (Phi) is 185000. The van der Waals surface area contributed by atoms with Crippen molar-refractivity contribution in [1.82, 2.24) is 0 Å². The van der Waals surface area contributed by atoms with Gasteiger partial charge in [0.15, 0.2) is 0 Å². The molecule has 0 aliphatic rings. The van der Waals surface area contributed by atoms with Crippen molar-refractivity contribution in [3.8, 4) is 0 Å². The van der Waals surface area contributed by atoms with E-state index in [0.717, 1.165) is 0 Å². The van der Waals surface area contributed by atoms with Crippen molar-refractivity contribution in [1.29, 1.82) is 0 Å². The summed E-state index contributed by atoms with van der Waals surface area (Å²) in [5.74, 6) is 0. The van der Waals surface area contributed by atoms with E-state index in [4.69, 9.17) is 0 Å². The van der Waals surface area contributed by atoms with Crippen LogP contribution in [-0.2, 0) is 380 Å². The molecule has 0 heterocycles. The first-order valence-electron chi connectivity index (χ1n) is 0. The zero-order chi connectivity index (χ0) is 0.